The summed E-state index contributed by atoms with van der Waals surface area (Å²) in [4.78, 5) is 23.4. The van der Waals surface area contributed by atoms with E-state index in [2.05, 4.69) is 5.32 Å². The minimum Gasteiger partial charge on any atom is -0.343 e. The second-order valence-corrected chi connectivity index (χ2v) is 6.68. The maximum atomic E-state index is 12.2. The second kappa shape index (κ2) is 8.53. The molecule has 2 rings (SSSR count). The molecule has 6 nitrogen and oxygen atoms in total. The van der Waals surface area contributed by atoms with Crippen LogP contribution in [0.2, 0.25) is 0 Å². The number of nitrogens with one attached hydrogen (secondary N) is 1. The fourth-order valence-electron chi connectivity index (χ4n) is 2.88. The molecule has 0 heterocycles. The van der Waals surface area contributed by atoms with Crippen LogP contribution in [-0.4, -0.2) is 23.1 Å². The summed E-state index contributed by atoms with van der Waals surface area (Å²) in [7, 11) is 0. The molecule has 1 saturated carbocycles. The van der Waals surface area contributed by atoms with Crippen LogP contribution in [0.4, 0.5) is 5.69 Å². The summed E-state index contributed by atoms with van der Waals surface area (Å²) in [5.41, 5.74) is 0.0841. The van der Waals surface area contributed by atoms with Gasteiger partial charge in [0.2, 0.25) is 5.91 Å². The van der Waals surface area contributed by atoms with E-state index in [9.17, 15) is 14.9 Å². The normalized spacial score (nSPS) is 20.5. The van der Waals surface area contributed by atoms with Gasteiger partial charge in [-0.3, -0.25) is 14.9 Å². The molecule has 0 aliphatic heterocycles. The summed E-state index contributed by atoms with van der Waals surface area (Å²) < 4.78 is 0. The number of hydrogen-bond acceptors (Lipinski definition) is 5. The van der Waals surface area contributed by atoms with Gasteiger partial charge in [0.25, 0.3) is 5.69 Å². The first-order valence-corrected chi connectivity index (χ1v) is 8.62. The Morgan fingerprint density at radius 1 is 1.35 bits per heavy atom. The third-order valence-corrected chi connectivity index (χ3v) is 5.30. The van der Waals surface area contributed by atoms with Crippen LogP contribution < -0.4 is 5.32 Å². The van der Waals surface area contributed by atoms with Crippen LogP contribution in [0.5, 0.6) is 0 Å². The quantitative estimate of drug-likeness (QED) is 0.373. The van der Waals surface area contributed by atoms with E-state index < -0.39 is 4.92 Å². The maximum Gasteiger partial charge on any atom is 0.269 e. The first-order valence-electron chi connectivity index (χ1n) is 7.63. The number of carbonyl (C=O) groups is 1. The zero-order valence-corrected chi connectivity index (χ0v) is 13.6. The van der Waals surface area contributed by atoms with Crippen molar-refractivity contribution in [3.05, 3.63) is 34.4 Å². The van der Waals surface area contributed by atoms with Crippen LogP contribution in [0.1, 0.15) is 25.7 Å². The summed E-state index contributed by atoms with van der Waals surface area (Å²) in [6.45, 7) is 0.0531. The van der Waals surface area contributed by atoms with Gasteiger partial charge in [0, 0.05) is 28.7 Å². The van der Waals surface area contributed by atoms with Crippen LogP contribution in [-0.2, 0) is 4.79 Å². The van der Waals surface area contributed by atoms with Crippen molar-refractivity contribution in [1.29, 1.82) is 5.26 Å². The highest BCUT2D eigenvalue weighted by atomic mass is 32.2. The Morgan fingerprint density at radius 3 is 2.70 bits per heavy atom. The minimum atomic E-state index is -0.412. The van der Waals surface area contributed by atoms with Crippen LogP contribution in [0.25, 0.3) is 0 Å². The molecule has 0 saturated heterocycles. The van der Waals surface area contributed by atoms with E-state index in [4.69, 9.17) is 5.26 Å². The Bertz CT molecular complexity index is 598. The van der Waals surface area contributed by atoms with Crippen LogP contribution in [0, 0.1) is 33.3 Å². The summed E-state index contributed by atoms with van der Waals surface area (Å²) in [5.74, 6) is 1.02. The molecule has 7 heteroatoms. The topological polar surface area (TPSA) is 96.0 Å². The van der Waals surface area contributed by atoms with Gasteiger partial charge in [0.15, 0.2) is 0 Å². The largest absolute Gasteiger partial charge is 0.343 e. The van der Waals surface area contributed by atoms with Gasteiger partial charge in [-0.1, -0.05) is 12.8 Å². The average Bonchev–Trinajstić information content (AvgIpc) is 2.58. The zero-order chi connectivity index (χ0) is 16.7. The molecule has 0 unspecified atom stereocenters. The zero-order valence-electron chi connectivity index (χ0n) is 12.7. The molecule has 0 spiro atoms. The lowest BCUT2D eigenvalue weighted by molar-refractivity contribution is -0.384. The second-order valence-electron chi connectivity index (χ2n) is 5.59. The molecule has 1 amide bonds. The van der Waals surface area contributed by atoms with Gasteiger partial charge < -0.3 is 5.32 Å². The summed E-state index contributed by atoms with van der Waals surface area (Å²) >= 11 is 1.62. The Kier molecular flexibility index (Phi) is 6.41. The van der Waals surface area contributed by atoms with Crippen LogP contribution >= 0.6 is 11.8 Å². The lowest BCUT2D eigenvalue weighted by Crippen LogP contribution is -2.37. The van der Waals surface area contributed by atoms with Crippen molar-refractivity contribution < 1.29 is 9.72 Å². The predicted octanol–water partition coefficient (Wildman–Crippen LogP) is 3.13. The Balaban J connectivity index is 1.92. The number of amides is 1. The number of hydrogen-bond donors (Lipinski definition) is 1. The average molecular weight is 333 g/mol. The van der Waals surface area contributed by atoms with Crippen molar-refractivity contribution in [2.24, 2.45) is 11.8 Å². The van der Waals surface area contributed by atoms with Crippen molar-refractivity contribution in [3.63, 3.8) is 0 Å². The van der Waals surface area contributed by atoms with E-state index in [-0.39, 0.29) is 30.0 Å². The number of carbonyl (C=O) groups excluding carboxylic acids is 1. The number of non-ortho nitro benzene ring substituents is 1. The van der Waals surface area contributed by atoms with E-state index in [0.29, 0.717) is 0 Å². The molecule has 2 atom stereocenters. The molecular weight excluding hydrogens is 314 g/mol. The molecule has 1 aromatic rings. The van der Waals surface area contributed by atoms with Gasteiger partial charge >= 0.3 is 0 Å². The molecule has 1 aliphatic rings. The minimum absolute atomic E-state index is 0.0273. The van der Waals surface area contributed by atoms with E-state index >= 15 is 0 Å². The SMILES string of the molecule is N#CCNC(=O)[C@@H]1CCCC[C@H]1CSc1ccc([N+](=O)[O-])cc1. The smallest absolute Gasteiger partial charge is 0.269 e. The van der Waals surface area contributed by atoms with Gasteiger partial charge in [0.1, 0.15) is 6.54 Å². The fourth-order valence-corrected chi connectivity index (χ4v) is 4.01. The number of rotatable bonds is 6. The molecule has 0 bridgehead atoms. The number of nitriles is 1. The molecule has 0 aromatic heterocycles. The lowest BCUT2D eigenvalue weighted by atomic mass is 9.80. The van der Waals surface area contributed by atoms with Crippen molar-refractivity contribution in [1.82, 2.24) is 5.32 Å². The lowest BCUT2D eigenvalue weighted by Gasteiger charge is -2.30. The first-order chi connectivity index (χ1) is 11.1. The van der Waals surface area contributed by atoms with Gasteiger partial charge in [-0.05, 0) is 30.9 Å². The number of benzene rings is 1. The van der Waals surface area contributed by atoms with E-state index in [1.807, 2.05) is 6.07 Å². The third-order valence-electron chi connectivity index (χ3n) is 4.10. The molecule has 0 radical (unpaired) electrons. The van der Waals surface area contributed by atoms with Gasteiger partial charge in [-0.25, -0.2) is 0 Å². The molecule has 122 valence electrons. The molecule has 1 fully saturated rings. The highest BCUT2D eigenvalue weighted by molar-refractivity contribution is 7.99. The van der Waals surface area contributed by atoms with Gasteiger partial charge in [0.05, 0.1) is 11.0 Å². The monoisotopic (exact) mass is 333 g/mol. The number of nitro groups is 1. The summed E-state index contributed by atoms with van der Waals surface area (Å²) in [5, 5.41) is 21.9. The van der Waals surface area contributed by atoms with Gasteiger partial charge in [-0.15, -0.1) is 11.8 Å². The predicted molar refractivity (Wildman–Crippen MR) is 87.9 cm³/mol. The van der Waals surface area contributed by atoms with Crippen LogP contribution in [0.15, 0.2) is 29.2 Å². The maximum absolute atomic E-state index is 12.2. The fraction of sp³-hybridized carbons (Fsp3) is 0.500. The van der Waals surface area contributed by atoms with E-state index in [1.165, 1.54) is 12.1 Å². The highest BCUT2D eigenvalue weighted by Crippen LogP contribution is 2.35. The third kappa shape index (κ3) is 4.96. The molecule has 1 aromatic carbocycles. The summed E-state index contributed by atoms with van der Waals surface area (Å²) in [6, 6.07) is 8.43. The van der Waals surface area contributed by atoms with Gasteiger partial charge in [-0.2, -0.15) is 5.26 Å². The Morgan fingerprint density at radius 2 is 2.04 bits per heavy atom. The van der Waals surface area contributed by atoms with Crippen molar-refractivity contribution in [3.8, 4) is 6.07 Å². The Hall–Kier alpha value is -2.07. The van der Waals surface area contributed by atoms with E-state index in [0.717, 1.165) is 36.3 Å². The van der Waals surface area contributed by atoms with E-state index in [1.54, 1.807) is 23.9 Å². The number of nitro benzene ring substituents is 1. The number of thioether (sulfide) groups is 1. The molecule has 1 aliphatic carbocycles. The Labute approximate surface area is 139 Å². The van der Waals surface area contributed by atoms with Crippen LogP contribution in [0.3, 0.4) is 0 Å². The number of nitrogens with zero attached hydrogens (tertiary/aromatic N) is 2. The highest BCUT2D eigenvalue weighted by Gasteiger charge is 2.30. The van der Waals surface area contributed by atoms with Crippen molar-refractivity contribution in [2.45, 2.75) is 30.6 Å². The van der Waals surface area contributed by atoms with Crippen molar-refractivity contribution >= 4 is 23.4 Å². The standard InChI is InChI=1S/C16H19N3O3S/c17-9-10-18-16(20)15-4-2-1-3-12(15)11-23-14-7-5-13(6-8-14)19(21)22/h5-8,12,15H,1-4,10-11H2,(H,18,20)/t12-,15+/m0/s1. The molecule has 1 N–H and O–H groups in total. The first kappa shape index (κ1) is 17.3. The summed E-state index contributed by atoms with van der Waals surface area (Å²) in [6.07, 6.45) is 4.03. The van der Waals surface area contributed by atoms with Crippen molar-refractivity contribution in [2.75, 3.05) is 12.3 Å². The molecule has 23 heavy (non-hydrogen) atoms. The molecular formula is C16H19N3O3S.